The summed E-state index contributed by atoms with van der Waals surface area (Å²) < 4.78 is 1.71. The fourth-order valence-corrected chi connectivity index (χ4v) is 1.88. The third-order valence-electron chi connectivity index (χ3n) is 2.90. The molecule has 0 spiro atoms. The van der Waals surface area contributed by atoms with Crippen LogP contribution in [-0.4, -0.2) is 11.1 Å². The van der Waals surface area contributed by atoms with Gasteiger partial charge < -0.3 is 5.11 Å². The number of rotatable bonds is 4. The molecule has 3 nitrogen and oxygen atoms in total. The van der Waals surface area contributed by atoms with Crippen LogP contribution in [0, 0.1) is 6.92 Å². The van der Waals surface area contributed by atoms with Crippen LogP contribution < -0.4 is 4.57 Å². The largest absolute Gasteiger partial charge is 0.477 e. The average Bonchev–Trinajstić information content (AvgIpc) is 2.39. The number of hydrogen-bond donors (Lipinski definition) is 1. The van der Waals surface area contributed by atoms with Crippen molar-refractivity contribution >= 4 is 18.1 Å². The Balaban J connectivity index is 2.28. The third kappa shape index (κ3) is 3.52. The van der Waals surface area contributed by atoms with E-state index in [1.807, 2.05) is 48.6 Å². The highest BCUT2D eigenvalue weighted by Crippen LogP contribution is 2.10. The summed E-state index contributed by atoms with van der Waals surface area (Å²) in [6.45, 7) is 2.02. The van der Waals surface area contributed by atoms with Crippen LogP contribution in [0.15, 0.2) is 48.7 Å². The van der Waals surface area contributed by atoms with Crippen molar-refractivity contribution in [1.29, 1.82) is 0 Å². The number of aliphatic carboxylic acids is 1. The molecule has 0 bridgehead atoms. The Kier molecular flexibility index (Phi) is 4.08. The lowest BCUT2D eigenvalue weighted by molar-refractivity contribution is -0.687. The second-order valence-corrected chi connectivity index (χ2v) is 4.34. The highest BCUT2D eigenvalue weighted by molar-refractivity contribution is 5.69. The molecular formula is C16H16NO2+. The van der Waals surface area contributed by atoms with E-state index in [9.17, 15) is 4.79 Å². The van der Waals surface area contributed by atoms with Gasteiger partial charge in [-0.15, -0.1) is 0 Å². The van der Waals surface area contributed by atoms with Gasteiger partial charge in [0.2, 0.25) is 12.2 Å². The summed E-state index contributed by atoms with van der Waals surface area (Å²) in [7, 11) is 0. The minimum atomic E-state index is -0.846. The first-order valence-electron chi connectivity index (χ1n) is 6.11. The van der Waals surface area contributed by atoms with E-state index in [2.05, 4.69) is 13.0 Å². The summed E-state index contributed by atoms with van der Waals surface area (Å²) >= 11 is 0. The van der Waals surface area contributed by atoms with Crippen LogP contribution in [0.1, 0.15) is 16.8 Å². The lowest BCUT2D eigenvalue weighted by atomic mass is 10.1. The quantitative estimate of drug-likeness (QED) is 0.852. The molecule has 2 aromatic rings. The zero-order valence-corrected chi connectivity index (χ0v) is 10.8. The van der Waals surface area contributed by atoms with Gasteiger partial charge in [-0.25, -0.2) is 4.79 Å². The summed E-state index contributed by atoms with van der Waals surface area (Å²) in [5.41, 5.74) is 3.20. The van der Waals surface area contributed by atoms with Crippen LogP contribution in [0.25, 0.3) is 12.2 Å². The van der Waals surface area contributed by atoms with E-state index in [1.54, 1.807) is 10.8 Å². The molecule has 1 aromatic carbocycles. The monoisotopic (exact) mass is 254 g/mol. The maximum absolute atomic E-state index is 10.8. The molecule has 0 amide bonds. The number of aromatic nitrogens is 1. The van der Waals surface area contributed by atoms with Crippen LogP contribution in [-0.2, 0) is 11.3 Å². The van der Waals surface area contributed by atoms with Crippen molar-refractivity contribution in [3.05, 3.63) is 65.5 Å². The first-order valence-corrected chi connectivity index (χ1v) is 6.11. The van der Waals surface area contributed by atoms with Gasteiger partial charge in [0, 0.05) is 18.2 Å². The lowest BCUT2D eigenvalue weighted by Crippen LogP contribution is -2.40. The minimum Gasteiger partial charge on any atom is -0.477 e. The number of nitrogens with zero attached hydrogens (tertiary/aromatic N) is 1. The molecule has 0 aliphatic carbocycles. The lowest BCUT2D eigenvalue weighted by Gasteiger charge is -1.99. The molecule has 96 valence electrons. The van der Waals surface area contributed by atoms with E-state index in [4.69, 9.17) is 5.11 Å². The third-order valence-corrected chi connectivity index (χ3v) is 2.90. The van der Waals surface area contributed by atoms with Gasteiger partial charge in [-0.1, -0.05) is 24.3 Å². The van der Waals surface area contributed by atoms with E-state index in [0.717, 1.165) is 11.3 Å². The van der Waals surface area contributed by atoms with E-state index in [0.29, 0.717) is 0 Å². The zero-order chi connectivity index (χ0) is 13.7. The van der Waals surface area contributed by atoms with Gasteiger partial charge >= 0.3 is 5.97 Å². The molecule has 0 aliphatic heterocycles. The van der Waals surface area contributed by atoms with Crippen molar-refractivity contribution in [2.75, 3.05) is 0 Å². The van der Waals surface area contributed by atoms with Gasteiger partial charge in [-0.3, -0.25) is 0 Å². The van der Waals surface area contributed by atoms with E-state index >= 15 is 0 Å². The van der Waals surface area contributed by atoms with E-state index in [1.165, 1.54) is 5.56 Å². The number of carboxylic acids is 1. The first-order chi connectivity index (χ1) is 9.16. The number of carboxylic acid groups (broad SMARTS) is 1. The summed E-state index contributed by atoms with van der Waals surface area (Å²) in [5.74, 6) is -0.846. The number of aryl methyl sites for hydroxylation is 1. The summed E-state index contributed by atoms with van der Waals surface area (Å²) in [6.07, 6.45) is 5.71. The van der Waals surface area contributed by atoms with Crippen molar-refractivity contribution in [2.45, 2.75) is 13.5 Å². The minimum absolute atomic E-state index is 0.0334. The first kappa shape index (κ1) is 13.0. The van der Waals surface area contributed by atoms with Gasteiger partial charge in [0.25, 0.3) is 0 Å². The molecule has 0 aliphatic rings. The van der Waals surface area contributed by atoms with Gasteiger partial charge in [-0.05, 0) is 30.2 Å². The van der Waals surface area contributed by atoms with Crippen LogP contribution in [0.4, 0.5) is 0 Å². The molecule has 0 radical (unpaired) electrons. The standard InChI is InChI=1S/C16H15NO2/c1-13-6-2-3-7-14(13)9-10-15-8-4-5-11-17(15)12-16(18)19/h2-11H,12H2,1H3/p+1/b10-9+. The van der Waals surface area contributed by atoms with E-state index < -0.39 is 5.97 Å². The predicted molar refractivity (Wildman–Crippen MR) is 74.4 cm³/mol. The molecular weight excluding hydrogens is 238 g/mol. The number of pyridine rings is 1. The highest BCUT2D eigenvalue weighted by Gasteiger charge is 2.10. The zero-order valence-electron chi connectivity index (χ0n) is 10.8. The molecule has 0 fully saturated rings. The molecule has 0 saturated carbocycles. The van der Waals surface area contributed by atoms with Gasteiger partial charge in [0.05, 0.1) is 0 Å². The topological polar surface area (TPSA) is 41.2 Å². The smallest absolute Gasteiger partial charge is 0.370 e. The SMILES string of the molecule is Cc1ccccc1/C=C/c1cccc[n+]1CC(=O)O. The Morgan fingerprint density at radius 3 is 2.63 bits per heavy atom. The van der Waals surface area contributed by atoms with Crippen LogP contribution in [0.3, 0.4) is 0 Å². The Morgan fingerprint density at radius 1 is 1.16 bits per heavy atom. The number of carbonyl (C=O) groups is 1. The highest BCUT2D eigenvalue weighted by atomic mass is 16.4. The normalized spacial score (nSPS) is 10.8. The van der Waals surface area contributed by atoms with Crippen molar-refractivity contribution in [1.82, 2.24) is 0 Å². The maximum atomic E-state index is 10.8. The number of hydrogen-bond acceptors (Lipinski definition) is 1. The second kappa shape index (κ2) is 5.96. The summed E-state index contributed by atoms with van der Waals surface area (Å²) in [5, 5.41) is 8.88. The van der Waals surface area contributed by atoms with Gasteiger partial charge in [0.15, 0.2) is 6.20 Å². The van der Waals surface area contributed by atoms with Crippen LogP contribution >= 0.6 is 0 Å². The fourth-order valence-electron chi connectivity index (χ4n) is 1.88. The summed E-state index contributed by atoms with van der Waals surface area (Å²) in [4.78, 5) is 10.8. The van der Waals surface area contributed by atoms with Crippen LogP contribution in [0.5, 0.6) is 0 Å². The molecule has 3 heteroatoms. The molecule has 1 aromatic heterocycles. The fraction of sp³-hybridized carbons (Fsp3) is 0.125. The molecule has 0 atom stereocenters. The van der Waals surface area contributed by atoms with Crippen molar-refractivity contribution in [3.63, 3.8) is 0 Å². The van der Waals surface area contributed by atoms with Crippen molar-refractivity contribution in [2.24, 2.45) is 0 Å². The molecule has 1 N–H and O–H groups in total. The van der Waals surface area contributed by atoms with Crippen molar-refractivity contribution < 1.29 is 14.5 Å². The Hall–Kier alpha value is -2.42. The van der Waals surface area contributed by atoms with E-state index in [-0.39, 0.29) is 6.54 Å². The molecule has 19 heavy (non-hydrogen) atoms. The maximum Gasteiger partial charge on any atom is 0.370 e. The van der Waals surface area contributed by atoms with Crippen molar-refractivity contribution in [3.8, 4) is 0 Å². The molecule has 0 unspecified atom stereocenters. The molecule has 1 heterocycles. The summed E-state index contributed by atoms with van der Waals surface area (Å²) in [6, 6.07) is 13.7. The van der Waals surface area contributed by atoms with Gasteiger partial charge in [-0.2, -0.15) is 4.57 Å². The second-order valence-electron chi connectivity index (χ2n) is 4.34. The average molecular weight is 254 g/mol. The van der Waals surface area contributed by atoms with Crippen LogP contribution in [0.2, 0.25) is 0 Å². The Labute approximate surface area is 112 Å². The molecule has 0 saturated heterocycles. The number of benzene rings is 1. The Bertz CT molecular complexity index is 618. The predicted octanol–water partition coefficient (Wildman–Crippen LogP) is 2.54. The molecule has 2 rings (SSSR count). The van der Waals surface area contributed by atoms with Gasteiger partial charge in [0.1, 0.15) is 0 Å². The Morgan fingerprint density at radius 2 is 1.89 bits per heavy atom.